The Hall–Kier alpha value is -2.97. The van der Waals surface area contributed by atoms with Crippen LogP contribution in [-0.2, 0) is 14.3 Å². The summed E-state index contributed by atoms with van der Waals surface area (Å²) in [5.74, 6) is -1.90. The van der Waals surface area contributed by atoms with Gasteiger partial charge in [-0.15, -0.1) is 0 Å². The molecule has 1 atom stereocenters. The maximum Gasteiger partial charge on any atom is 0.354 e. The molecule has 23 heavy (non-hydrogen) atoms. The van der Waals surface area contributed by atoms with E-state index in [4.69, 9.17) is 4.74 Å². The number of hydrogen-bond donors (Lipinski definition) is 1. The molecule has 1 aromatic rings. The van der Waals surface area contributed by atoms with E-state index in [1.165, 1.54) is 31.2 Å². The molecule has 0 bridgehead atoms. The maximum absolute atomic E-state index is 11.8. The Morgan fingerprint density at radius 1 is 1.52 bits per heavy atom. The summed E-state index contributed by atoms with van der Waals surface area (Å²) in [4.78, 5) is 33.8. The molecule has 0 spiro atoms. The normalized spacial score (nSPS) is 20.1. The first-order valence-corrected chi connectivity index (χ1v) is 6.82. The van der Waals surface area contributed by atoms with E-state index in [1.807, 2.05) is 0 Å². The first-order chi connectivity index (χ1) is 10.8. The van der Waals surface area contributed by atoms with Crippen molar-refractivity contribution in [3.05, 3.63) is 34.4 Å². The number of nitrogens with zero attached hydrogens (tertiary/aromatic N) is 3. The summed E-state index contributed by atoms with van der Waals surface area (Å²) in [5, 5.41) is 25.5. The molecule has 0 aromatic heterocycles. The number of rotatable bonds is 5. The molecule has 0 fully saturated rings. The van der Waals surface area contributed by atoms with Crippen molar-refractivity contribution in [3.63, 3.8) is 0 Å². The van der Waals surface area contributed by atoms with Gasteiger partial charge in [-0.3, -0.25) is 10.1 Å². The molecular weight excluding hydrogens is 306 g/mol. The third kappa shape index (κ3) is 2.98. The van der Waals surface area contributed by atoms with Crippen LogP contribution in [0.1, 0.15) is 20.3 Å². The van der Waals surface area contributed by atoms with Gasteiger partial charge in [0.05, 0.1) is 17.2 Å². The first-order valence-electron chi connectivity index (χ1n) is 6.82. The zero-order valence-corrected chi connectivity index (χ0v) is 12.6. The van der Waals surface area contributed by atoms with E-state index >= 15 is 0 Å². The van der Waals surface area contributed by atoms with Crippen LogP contribution in [-0.4, -0.2) is 39.8 Å². The number of carboxylic acids is 1. The monoisotopic (exact) mass is 321 g/mol. The number of benzene rings is 1. The van der Waals surface area contributed by atoms with E-state index in [1.54, 1.807) is 6.92 Å². The quantitative estimate of drug-likeness (QED) is 0.496. The average Bonchev–Trinajstić information content (AvgIpc) is 2.87. The molecule has 0 radical (unpaired) electrons. The SMILES string of the molecule is CCOC(=O)C1=NN(c2cccc([N+](=O)[O-])c2)[C@@](C)(C(=O)O)C1. The second-order valence-electron chi connectivity index (χ2n) is 5.11. The van der Waals surface area contributed by atoms with Crippen molar-refractivity contribution in [1.82, 2.24) is 0 Å². The number of carboxylic acid groups (broad SMARTS) is 1. The van der Waals surface area contributed by atoms with Crippen molar-refractivity contribution in [2.24, 2.45) is 5.10 Å². The van der Waals surface area contributed by atoms with Crippen LogP contribution < -0.4 is 5.01 Å². The average molecular weight is 321 g/mol. The Morgan fingerprint density at radius 3 is 2.78 bits per heavy atom. The first kappa shape index (κ1) is 16.4. The van der Waals surface area contributed by atoms with Crippen molar-refractivity contribution in [1.29, 1.82) is 0 Å². The van der Waals surface area contributed by atoms with Gasteiger partial charge in [-0.2, -0.15) is 5.10 Å². The fraction of sp³-hybridized carbons (Fsp3) is 0.357. The Morgan fingerprint density at radius 2 is 2.22 bits per heavy atom. The van der Waals surface area contributed by atoms with E-state index in [9.17, 15) is 24.8 Å². The standard InChI is InChI=1S/C14H15N3O6/c1-3-23-12(18)11-8-14(2,13(19)20)16(15-11)9-5-4-6-10(7-9)17(21)22/h4-7H,3,8H2,1-2H3,(H,19,20)/t14-/m1/s1. The minimum absolute atomic E-state index is 0.0387. The van der Waals surface area contributed by atoms with Crippen LogP contribution in [0.25, 0.3) is 0 Å². The van der Waals surface area contributed by atoms with Crippen molar-refractivity contribution in [2.45, 2.75) is 25.8 Å². The van der Waals surface area contributed by atoms with Gasteiger partial charge >= 0.3 is 11.9 Å². The van der Waals surface area contributed by atoms with Gasteiger partial charge in [0.15, 0.2) is 5.54 Å². The zero-order chi connectivity index (χ0) is 17.2. The van der Waals surface area contributed by atoms with Crippen LogP contribution in [0.2, 0.25) is 0 Å². The Bertz CT molecular complexity index is 702. The third-order valence-corrected chi connectivity index (χ3v) is 3.46. The van der Waals surface area contributed by atoms with E-state index < -0.39 is 22.4 Å². The molecule has 122 valence electrons. The lowest BCUT2D eigenvalue weighted by Gasteiger charge is -2.29. The van der Waals surface area contributed by atoms with Crippen LogP contribution in [0.15, 0.2) is 29.4 Å². The largest absolute Gasteiger partial charge is 0.479 e. The predicted octanol–water partition coefficient (Wildman–Crippen LogP) is 1.57. The second-order valence-corrected chi connectivity index (χ2v) is 5.11. The maximum atomic E-state index is 11.8. The zero-order valence-electron chi connectivity index (χ0n) is 12.6. The van der Waals surface area contributed by atoms with Crippen LogP contribution in [0.4, 0.5) is 11.4 Å². The van der Waals surface area contributed by atoms with Crippen molar-refractivity contribution in [3.8, 4) is 0 Å². The number of aliphatic carboxylic acids is 1. The van der Waals surface area contributed by atoms with E-state index in [2.05, 4.69) is 5.10 Å². The number of ether oxygens (including phenoxy) is 1. The molecule has 0 saturated carbocycles. The number of nitro benzene ring substituents is 1. The molecule has 0 amide bonds. The number of hydrazone groups is 1. The van der Waals surface area contributed by atoms with Crippen molar-refractivity contribution in [2.75, 3.05) is 11.6 Å². The fourth-order valence-corrected chi connectivity index (χ4v) is 2.24. The molecule has 1 aliphatic heterocycles. The molecule has 0 saturated heterocycles. The smallest absolute Gasteiger partial charge is 0.354 e. The lowest BCUT2D eigenvalue weighted by Crippen LogP contribution is -2.47. The van der Waals surface area contributed by atoms with Gasteiger partial charge < -0.3 is 9.84 Å². The third-order valence-electron chi connectivity index (χ3n) is 3.46. The van der Waals surface area contributed by atoms with Gasteiger partial charge in [0.2, 0.25) is 0 Å². The number of carbonyl (C=O) groups excluding carboxylic acids is 1. The highest BCUT2D eigenvalue weighted by Gasteiger charge is 2.48. The van der Waals surface area contributed by atoms with Gasteiger partial charge in [0.1, 0.15) is 5.71 Å². The minimum atomic E-state index is -1.53. The molecular formula is C14H15N3O6. The predicted molar refractivity (Wildman–Crippen MR) is 80.3 cm³/mol. The second kappa shape index (κ2) is 6.03. The lowest BCUT2D eigenvalue weighted by molar-refractivity contribution is -0.384. The number of esters is 1. The van der Waals surface area contributed by atoms with E-state index in [-0.39, 0.29) is 30.1 Å². The molecule has 9 nitrogen and oxygen atoms in total. The van der Waals surface area contributed by atoms with Gasteiger partial charge in [-0.25, -0.2) is 14.6 Å². The highest BCUT2D eigenvalue weighted by molar-refractivity contribution is 6.38. The number of non-ortho nitro benzene ring substituents is 1. The van der Waals surface area contributed by atoms with Crippen LogP contribution in [0.5, 0.6) is 0 Å². The van der Waals surface area contributed by atoms with Crippen LogP contribution in [0.3, 0.4) is 0 Å². The molecule has 9 heteroatoms. The highest BCUT2D eigenvalue weighted by Crippen LogP contribution is 2.35. The summed E-state index contributed by atoms with van der Waals surface area (Å²) in [7, 11) is 0. The van der Waals surface area contributed by atoms with Crippen LogP contribution in [0, 0.1) is 10.1 Å². The van der Waals surface area contributed by atoms with Crippen molar-refractivity contribution >= 4 is 29.0 Å². The van der Waals surface area contributed by atoms with E-state index in [0.29, 0.717) is 0 Å². The molecule has 1 N–H and O–H groups in total. The number of carbonyl (C=O) groups is 2. The molecule has 1 heterocycles. The number of hydrogen-bond acceptors (Lipinski definition) is 7. The summed E-state index contributed by atoms with van der Waals surface area (Å²) in [5.41, 5.74) is -1.56. The topological polar surface area (TPSA) is 122 Å². The summed E-state index contributed by atoms with van der Waals surface area (Å²) in [6, 6.07) is 5.41. The highest BCUT2D eigenvalue weighted by atomic mass is 16.6. The Labute approximate surface area is 131 Å². The summed E-state index contributed by atoms with van der Waals surface area (Å²) >= 11 is 0. The number of anilines is 1. The molecule has 0 aliphatic carbocycles. The van der Waals surface area contributed by atoms with Gasteiger partial charge in [-0.05, 0) is 19.9 Å². The lowest BCUT2D eigenvalue weighted by atomic mass is 9.95. The molecule has 0 unspecified atom stereocenters. The van der Waals surface area contributed by atoms with Gasteiger partial charge in [0, 0.05) is 18.6 Å². The molecule has 2 rings (SSSR count). The van der Waals surface area contributed by atoms with Gasteiger partial charge in [0.25, 0.3) is 5.69 Å². The minimum Gasteiger partial charge on any atom is -0.479 e. The molecule has 1 aromatic carbocycles. The summed E-state index contributed by atoms with van der Waals surface area (Å²) in [6.07, 6.45) is -0.163. The van der Waals surface area contributed by atoms with Gasteiger partial charge in [-0.1, -0.05) is 6.07 Å². The fourth-order valence-electron chi connectivity index (χ4n) is 2.24. The number of nitro groups is 1. The van der Waals surface area contributed by atoms with Crippen molar-refractivity contribution < 1.29 is 24.4 Å². The van der Waals surface area contributed by atoms with E-state index in [0.717, 1.165) is 5.01 Å². The molecule has 1 aliphatic rings. The Kier molecular flexibility index (Phi) is 4.30. The summed E-state index contributed by atoms with van der Waals surface area (Å²) in [6.45, 7) is 3.16. The van der Waals surface area contributed by atoms with Crippen LogP contribution >= 0.6 is 0 Å². The summed E-state index contributed by atoms with van der Waals surface area (Å²) < 4.78 is 4.85. The Balaban J connectivity index is 2.47.